The van der Waals surface area contributed by atoms with E-state index in [4.69, 9.17) is 9.47 Å². The number of nitrogens with one attached hydrogen (secondary N) is 2. The molecular formula is C11H22N2O2. The molecule has 0 aromatic heterocycles. The van der Waals surface area contributed by atoms with Gasteiger partial charge in [0.05, 0.1) is 6.73 Å². The molecule has 15 heavy (non-hydrogen) atoms. The molecule has 0 fully saturated rings. The Morgan fingerprint density at radius 2 is 2.07 bits per heavy atom. The van der Waals surface area contributed by atoms with Gasteiger partial charge in [0.15, 0.2) is 0 Å². The van der Waals surface area contributed by atoms with E-state index < -0.39 is 0 Å². The van der Waals surface area contributed by atoms with Crippen molar-refractivity contribution in [2.45, 2.75) is 20.3 Å². The highest BCUT2D eigenvalue weighted by Gasteiger charge is 1.80. The Labute approximate surface area is 92.3 Å². The average molecular weight is 214 g/mol. The van der Waals surface area contributed by atoms with Gasteiger partial charge < -0.3 is 14.8 Å². The normalized spacial score (nSPS) is 9.47. The lowest BCUT2D eigenvalue weighted by molar-refractivity contribution is 0.126. The van der Waals surface area contributed by atoms with Crippen molar-refractivity contribution in [1.29, 1.82) is 0 Å². The van der Waals surface area contributed by atoms with E-state index in [1.807, 2.05) is 13.0 Å². The zero-order chi connectivity index (χ0) is 11.2. The van der Waals surface area contributed by atoms with Gasteiger partial charge in [-0.25, -0.2) is 0 Å². The first-order chi connectivity index (χ1) is 7.41. The topological polar surface area (TPSA) is 42.5 Å². The fourth-order valence-corrected chi connectivity index (χ4v) is 0.799. The lowest BCUT2D eigenvalue weighted by Crippen LogP contribution is -2.17. The second kappa shape index (κ2) is 13.2. The van der Waals surface area contributed by atoms with Crippen molar-refractivity contribution in [2.75, 3.05) is 33.2 Å². The standard InChI is InChI=1S/C11H22N2O2/c1-3-9-15-11-13-8-6-5-7-12-10-14-4-2/h5,8,12-13H,3-4,7,9-11H2,1-2H3. The lowest BCUT2D eigenvalue weighted by atomic mass is 10.5. The summed E-state index contributed by atoms with van der Waals surface area (Å²) < 4.78 is 10.3. The van der Waals surface area contributed by atoms with Crippen LogP contribution in [0, 0.1) is 0 Å². The summed E-state index contributed by atoms with van der Waals surface area (Å²) in [6, 6.07) is 0. The van der Waals surface area contributed by atoms with Gasteiger partial charge in [-0.05, 0) is 19.4 Å². The Balaban J connectivity index is 3.16. The maximum absolute atomic E-state index is 5.21. The smallest absolute Gasteiger partial charge is 0.116 e. The molecule has 0 amide bonds. The highest BCUT2D eigenvalue weighted by molar-refractivity contribution is 4.83. The fourth-order valence-electron chi connectivity index (χ4n) is 0.799. The molecule has 0 bridgehead atoms. The summed E-state index contributed by atoms with van der Waals surface area (Å²) in [5, 5.41) is 6.05. The molecule has 2 N–H and O–H groups in total. The van der Waals surface area contributed by atoms with Crippen LogP contribution in [0.5, 0.6) is 0 Å². The van der Waals surface area contributed by atoms with E-state index in [1.165, 1.54) is 0 Å². The SMILES string of the molecule is CCCOCNC=C=CCNCOCC. The van der Waals surface area contributed by atoms with Crippen LogP contribution in [0.1, 0.15) is 20.3 Å². The van der Waals surface area contributed by atoms with Gasteiger partial charge in [0.25, 0.3) is 0 Å². The zero-order valence-corrected chi connectivity index (χ0v) is 9.71. The van der Waals surface area contributed by atoms with Gasteiger partial charge in [-0.15, -0.1) is 5.73 Å². The first-order valence-electron chi connectivity index (χ1n) is 5.40. The van der Waals surface area contributed by atoms with Crippen molar-refractivity contribution >= 4 is 0 Å². The maximum atomic E-state index is 5.21. The molecule has 4 nitrogen and oxygen atoms in total. The van der Waals surface area contributed by atoms with E-state index >= 15 is 0 Å². The number of hydrogen-bond donors (Lipinski definition) is 2. The van der Waals surface area contributed by atoms with E-state index in [1.54, 1.807) is 6.20 Å². The summed E-state index contributed by atoms with van der Waals surface area (Å²) in [6.07, 6.45) is 4.69. The first-order valence-corrected chi connectivity index (χ1v) is 5.40. The van der Waals surface area contributed by atoms with Crippen molar-refractivity contribution in [2.24, 2.45) is 0 Å². The molecule has 0 rings (SSSR count). The first kappa shape index (κ1) is 14.2. The van der Waals surface area contributed by atoms with Crippen LogP contribution in [-0.4, -0.2) is 33.2 Å². The molecule has 0 aromatic carbocycles. The molecule has 0 saturated heterocycles. The third kappa shape index (κ3) is 13.2. The molecule has 88 valence electrons. The highest BCUT2D eigenvalue weighted by atomic mass is 16.5. The second-order valence-corrected chi connectivity index (χ2v) is 2.86. The van der Waals surface area contributed by atoms with Crippen LogP contribution < -0.4 is 10.6 Å². The van der Waals surface area contributed by atoms with Crippen molar-refractivity contribution in [1.82, 2.24) is 10.6 Å². The summed E-state index contributed by atoms with van der Waals surface area (Å²) >= 11 is 0. The molecule has 0 saturated carbocycles. The molecule has 0 spiro atoms. The maximum Gasteiger partial charge on any atom is 0.116 e. The van der Waals surface area contributed by atoms with Crippen LogP contribution in [0.4, 0.5) is 0 Å². The minimum absolute atomic E-state index is 0.543. The van der Waals surface area contributed by atoms with Crippen LogP contribution in [-0.2, 0) is 9.47 Å². The van der Waals surface area contributed by atoms with E-state index in [0.717, 1.165) is 26.2 Å². The van der Waals surface area contributed by atoms with Gasteiger partial charge in [0.2, 0.25) is 0 Å². The van der Waals surface area contributed by atoms with E-state index in [2.05, 4.69) is 23.3 Å². The third-order valence-corrected chi connectivity index (χ3v) is 1.49. The average Bonchev–Trinajstić information content (AvgIpc) is 2.26. The predicted molar refractivity (Wildman–Crippen MR) is 61.4 cm³/mol. The Morgan fingerprint density at radius 1 is 1.20 bits per heavy atom. The lowest BCUT2D eigenvalue weighted by Gasteiger charge is -2.00. The van der Waals surface area contributed by atoms with Gasteiger partial charge >= 0.3 is 0 Å². The second-order valence-electron chi connectivity index (χ2n) is 2.86. The molecule has 4 heteroatoms. The van der Waals surface area contributed by atoms with Crippen LogP contribution in [0.25, 0.3) is 0 Å². The van der Waals surface area contributed by atoms with Crippen molar-refractivity contribution in [3.8, 4) is 0 Å². The molecular weight excluding hydrogens is 192 g/mol. The van der Waals surface area contributed by atoms with Crippen molar-refractivity contribution in [3.05, 3.63) is 18.0 Å². The molecule has 0 aliphatic carbocycles. The Hall–Kier alpha value is -0.800. The summed E-state index contributed by atoms with van der Waals surface area (Å²) in [5.41, 5.74) is 2.98. The van der Waals surface area contributed by atoms with Gasteiger partial charge in [-0.2, -0.15) is 0 Å². The van der Waals surface area contributed by atoms with Crippen LogP contribution in [0.2, 0.25) is 0 Å². The Morgan fingerprint density at radius 3 is 2.80 bits per heavy atom. The summed E-state index contributed by atoms with van der Waals surface area (Å²) in [6.45, 7) is 7.47. The third-order valence-electron chi connectivity index (χ3n) is 1.49. The van der Waals surface area contributed by atoms with Crippen molar-refractivity contribution < 1.29 is 9.47 Å². The van der Waals surface area contributed by atoms with Gasteiger partial charge in [0, 0.05) is 26.0 Å². The largest absolute Gasteiger partial charge is 0.367 e. The molecule has 0 atom stereocenters. The number of ether oxygens (including phenoxy) is 2. The van der Waals surface area contributed by atoms with Gasteiger partial charge in [-0.3, -0.25) is 5.32 Å². The molecule has 0 radical (unpaired) electrons. The summed E-state index contributed by atoms with van der Waals surface area (Å²) in [4.78, 5) is 0. The number of hydrogen-bond acceptors (Lipinski definition) is 4. The molecule has 0 heterocycles. The Kier molecular flexibility index (Phi) is 12.5. The van der Waals surface area contributed by atoms with Crippen LogP contribution in [0.3, 0.4) is 0 Å². The molecule has 0 aliphatic heterocycles. The minimum atomic E-state index is 0.543. The number of rotatable bonds is 10. The van der Waals surface area contributed by atoms with E-state index in [-0.39, 0.29) is 0 Å². The molecule has 0 aliphatic rings. The van der Waals surface area contributed by atoms with E-state index in [9.17, 15) is 0 Å². The zero-order valence-electron chi connectivity index (χ0n) is 9.71. The van der Waals surface area contributed by atoms with Crippen molar-refractivity contribution in [3.63, 3.8) is 0 Å². The highest BCUT2D eigenvalue weighted by Crippen LogP contribution is 1.76. The summed E-state index contributed by atoms with van der Waals surface area (Å²) in [5.74, 6) is 0. The van der Waals surface area contributed by atoms with Crippen LogP contribution >= 0.6 is 0 Å². The fraction of sp³-hybridized carbons (Fsp3) is 0.727. The molecule has 0 aromatic rings. The molecule has 0 unspecified atom stereocenters. The Bertz CT molecular complexity index is 161. The summed E-state index contributed by atoms with van der Waals surface area (Å²) in [7, 11) is 0. The predicted octanol–water partition coefficient (Wildman–Crippen LogP) is 1.21. The van der Waals surface area contributed by atoms with Gasteiger partial charge in [0.1, 0.15) is 6.73 Å². The quantitative estimate of drug-likeness (QED) is 0.326. The van der Waals surface area contributed by atoms with E-state index in [0.29, 0.717) is 13.5 Å². The minimum Gasteiger partial charge on any atom is -0.367 e. The van der Waals surface area contributed by atoms with Gasteiger partial charge in [-0.1, -0.05) is 6.92 Å². The van der Waals surface area contributed by atoms with Crippen LogP contribution in [0.15, 0.2) is 18.0 Å². The monoisotopic (exact) mass is 214 g/mol.